The standard InChI is InChI=1S/C25H25N3O3/c1-16-25(17(2)28(27-16)18-8-4-3-5-9-18)26-24(29)15-30-19-12-13-23-21(14-19)20-10-6-7-11-22(20)31-23/h3-5,8-9,12-14H,6-7,10-11,15H2,1-2H3,(H,26,29). The number of furan rings is 1. The molecule has 2 aromatic carbocycles. The van der Waals surface area contributed by atoms with Crippen LogP contribution in [0.1, 0.15) is 35.6 Å². The van der Waals surface area contributed by atoms with E-state index >= 15 is 0 Å². The van der Waals surface area contributed by atoms with Gasteiger partial charge in [-0.2, -0.15) is 5.10 Å². The van der Waals surface area contributed by atoms with Gasteiger partial charge in [0.15, 0.2) is 6.61 Å². The van der Waals surface area contributed by atoms with Crippen molar-refractivity contribution in [3.05, 3.63) is 71.2 Å². The third-order valence-electron chi connectivity index (χ3n) is 5.85. The Balaban J connectivity index is 1.29. The molecule has 0 unspecified atom stereocenters. The molecule has 4 aromatic rings. The number of hydrogen-bond donors (Lipinski definition) is 1. The number of ether oxygens (including phenoxy) is 1. The minimum absolute atomic E-state index is 0.0685. The van der Waals surface area contributed by atoms with Gasteiger partial charge in [0, 0.05) is 17.4 Å². The van der Waals surface area contributed by atoms with E-state index in [4.69, 9.17) is 9.15 Å². The van der Waals surface area contributed by atoms with Gasteiger partial charge in [0.1, 0.15) is 17.1 Å². The molecule has 0 radical (unpaired) electrons. The van der Waals surface area contributed by atoms with Crippen molar-refractivity contribution in [3.63, 3.8) is 0 Å². The van der Waals surface area contributed by atoms with E-state index in [0.717, 1.165) is 52.3 Å². The Morgan fingerprint density at radius 2 is 1.94 bits per heavy atom. The molecule has 5 rings (SSSR count). The molecule has 2 heterocycles. The van der Waals surface area contributed by atoms with Crippen LogP contribution in [0.5, 0.6) is 5.75 Å². The van der Waals surface area contributed by atoms with Gasteiger partial charge in [0.2, 0.25) is 0 Å². The summed E-state index contributed by atoms with van der Waals surface area (Å²) in [6.45, 7) is 3.76. The highest BCUT2D eigenvalue weighted by molar-refractivity contribution is 5.93. The molecule has 0 bridgehead atoms. The van der Waals surface area contributed by atoms with Crippen molar-refractivity contribution in [1.82, 2.24) is 9.78 Å². The fourth-order valence-electron chi connectivity index (χ4n) is 4.30. The van der Waals surface area contributed by atoms with Crippen LogP contribution in [-0.2, 0) is 17.6 Å². The molecule has 1 aliphatic rings. The number of rotatable bonds is 5. The van der Waals surface area contributed by atoms with Crippen LogP contribution in [0.3, 0.4) is 0 Å². The summed E-state index contributed by atoms with van der Waals surface area (Å²) in [6, 6.07) is 15.6. The van der Waals surface area contributed by atoms with Crippen molar-refractivity contribution in [3.8, 4) is 11.4 Å². The minimum atomic E-state index is -0.215. The molecule has 0 saturated carbocycles. The summed E-state index contributed by atoms with van der Waals surface area (Å²) in [5.74, 6) is 1.55. The second-order valence-electron chi connectivity index (χ2n) is 8.00. The summed E-state index contributed by atoms with van der Waals surface area (Å²) < 4.78 is 13.6. The average Bonchev–Trinajstić information content (AvgIpc) is 3.30. The van der Waals surface area contributed by atoms with E-state index in [1.165, 1.54) is 18.4 Å². The molecule has 2 aromatic heterocycles. The number of nitrogens with one attached hydrogen (secondary N) is 1. The van der Waals surface area contributed by atoms with Gasteiger partial charge < -0.3 is 14.5 Å². The quantitative estimate of drug-likeness (QED) is 0.490. The largest absolute Gasteiger partial charge is 0.484 e. The lowest BCUT2D eigenvalue weighted by atomic mass is 9.96. The molecule has 0 fully saturated rings. The van der Waals surface area contributed by atoms with Crippen LogP contribution in [0.15, 0.2) is 52.9 Å². The van der Waals surface area contributed by atoms with Crippen LogP contribution >= 0.6 is 0 Å². The lowest BCUT2D eigenvalue weighted by Crippen LogP contribution is -2.21. The molecule has 0 aliphatic heterocycles. The SMILES string of the molecule is Cc1nn(-c2ccccc2)c(C)c1NC(=O)COc1ccc2oc3c(c2c1)CCCC3. The van der Waals surface area contributed by atoms with E-state index in [-0.39, 0.29) is 12.5 Å². The maximum Gasteiger partial charge on any atom is 0.262 e. The number of benzene rings is 2. The van der Waals surface area contributed by atoms with Crippen molar-refractivity contribution in [2.75, 3.05) is 11.9 Å². The smallest absolute Gasteiger partial charge is 0.262 e. The predicted octanol–water partition coefficient (Wildman–Crippen LogP) is 5.13. The molecule has 0 spiro atoms. The summed E-state index contributed by atoms with van der Waals surface area (Å²) >= 11 is 0. The van der Waals surface area contributed by atoms with Crippen molar-refractivity contribution in [2.24, 2.45) is 0 Å². The third kappa shape index (κ3) is 3.69. The number of carbonyl (C=O) groups excluding carboxylic acids is 1. The van der Waals surface area contributed by atoms with E-state index in [1.807, 2.05) is 67.1 Å². The Labute approximate surface area is 180 Å². The van der Waals surface area contributed by atoms with Gasteiger partial charge in [-0.05, 0) is 63.4 Å². The van der Waals surface area contributed by atoms with Crippen LogP contribution in [0.2, 0.25) is 0 Å². The van der Waals surface area contributed by atoms with Gasteiger partial charge in [0.25, 0.3) is 5.91 Å². The van der Waals surface area contributed by atoms with Crippen LogP contribution in [0.25, 0.3) is 16.7 Å². The summed E-state index contributed by atoms with van der Waals surface area (Å²) in [5.41, 5.74) is 5.50. The zero-order chi connectivity index (χ0) is 21.4. The molecule has 158 valence electrons. The molecule has 1 N–H and O–H groups in total. The highest BCUT2D eigenvalue weighted by Crippen LogP contribution is 2.34. The Morgan fingerprint density at radius 1 is 1.13 bits per heavy atom. The third-order valence-corrected chi connectivity index (χ3v) is 5.85. The van der Waals surface area contributed by atoms with Crippen LogP contribution < -0.4 is 10.1 Å². The van der Waals surface area contributed by atoms with E-state index in [9.17, 15) is 4.79 Å². The summed E-state index contributed by atoms with van der Waals surface area (Å²) in [5, 5.41) is 8.63. The molecule has 6 nitrogen and oxygen atoms in total. The fourth-order valence-corrected chi connectivity index (χ4v) is 4.30. The topological polar surface area (TPSA) is 69.3 Å². The maximum atomic E-state index is 12.6. The van der Waals surface area contributed by atoms with E-state index in [2.05, 4.69) is 10.4 Å². The van der Waals surface area contributed by atoms with E-state index < -0.39 is 0 Å². The summed E-state index contributed by atoms with van der Waals surface area (Å²) in [6.07, 6.45) is 4.40. The van der Waals surface area contributed by atoms with Gasteiger partial charge >= 0.3 is 0 Å². The van der Waals surface area contributed by atoms with E-state index in [0.29, 0.717) is 5.75 Å². The van der Waals surface area contributed by atoms with Gasteiger partial charge in [-0.15, -0.1) is 0 Å². The molecule has 0 atom stereocenters. The number of aromatic nitrogens is 2. The Morgan fingerprint density at radius 3 is 2.77 bits per heavy atom. The normalized spacial score (nSPS) is 13.2. The molecule has 0 saturated heterocycles. The number of amides is 1. The van der Waals surface area contributed by atoms with Gasteiger partial charge in [-0.3, -0.25) is 4.79 Å². The minimum Gasteiger partial charge on any atom is -0.484 e. The number of hydrogen-bond acceptors (Lipinski definition) is 4. The van der Waals surface area contributed by atoms with Crippen molar-refractivity contribution in [1.29, 1.82) is 0 Å². The first-order chi connectivity index (χ1) is 15.1. The zero-order valence-corrected chi connectivity index (χ0v) is 17.8. The van der Waals surface area contributed by atoms with Crippen LogP contribution in [0, 0.1) is 13.8 Å². The van der Waals surface area contributed by atoms with Crippen molar-refractivity contribution in [2.45, 2.75) is 39.5 Å². The van der Waals surface area contributed by atoms with Gasteiger partial charge in [-0.1, -0.05) is 18.2 Å². The van der Waals surface area contributed by atoms with E-state index in [1.54, 1.807) is 0 Å². The first kappa shape index (κ1) is 19.4. The number of carbonyl (C=O) groups is 1. The highest BCUT2D eigenvalue weighted by Gasteiger charge is 2.19. The Bertz CT molecular complexity index is 1250. The second-order valence-corrected chi connectivity index (χ2v) is 8.00. The maximum absolute atomic E-state index is 12.6. The Kier molecular flexibility index (Phi) is 4.98. The molecular weight excluding hydrogens is 390 g/mol. The Hall–Kier alpha value is -3.54. The molecular formula is C25H25N3O3. The van der Waals surface area contributed by atoms with Crippen molar-refractivity contribution < 1.29 is 13.9 Å². The second kappa shape index (κ2) is 7.95. The average molecular weight is 415 g/mol. The number of nitrogens with zero attached hydrogens (tertiary/aromatic N) is 2. The number of para-hydroxylation sites is 1. The molecule has 6 heteroatoms. The molecule has 31 heavy (non-hydrogen) atoms. The van der Waals surface area contributed by atoms with Crippen molar-refractivity contribution >= 4 is 22.6 Å². The lowest BCUT2D eigenvalue weighted by Gasteiger charge is -2.10. The van der Waals surface area contributed by atoms with Crippen LogP contribution in [-0.4, -0.2) is 22.3 Å². The lowest BCUT2D eigenvalue weighted by molar-refractivity contribution is -0.118. The van der Waals surface area contributed by atoms with Crippen LogP contribution in [0.4, 0.5) is 5.69 Å². The first-order valence-electron chi connectivity index (χ1n) is 10.7. The summed E-state index contributed by atoms with van der Waals surface area (Å²) in [4.78, 5) is 12.6. The zero-order valence-electron chi connectivity index (χ0n) is 17.8. The highest BCUT2D eigenvalue weighted by atomic mass is 16.5. The number of aryl methyl sites for hydroxylation is 3. The monoisotopic (exact) mass is 415 g/mol. The van der Waals surface area contributed by atoms with Gasteiger partial charge in [-0.25, -0.2) is 4.68 Å². The number of fused-ring (bicyclic) bond motifs is 3. The summed E-state index contributed by atoms with van der Waals surface area (Å²) in [7, 11) is 0. The predicted molar refractivity (Wildman–Crippen MR) is 120 cm³/mol. The molecule has 1 amide bonds. The molecule has 1 aliphatic carbocycles. The first-order valence-corrected chi connectivity index (χ1v) is 10.7. The van der Waals surface area contributed by atoms with Gasteiger partial charge in [0.05, 0.1) is 22.8 Å². The number of anilines is 1. The fraction of sp³-hybridized carbons (Fsp3) is 0.280.